The van der Waals surface area contributed by atoms with Gasteiger partial charge in [0, 0.05) is 55.1 Å². The standard InChI is InChI=1S/C23H28ClN3O/c1-4-8-22-18(2)20(19(3)28)17-27(22)12-7-11-25-13-15-26(16-14-25)23-10-6-5-9-21(23)24/h4-6,8-10,17H,1-2,7,11-16H2,3H3/b22-8+. The van der Waals surface area contributed by atoms with Crippen molar-refractivity contribution < 1.29 is 4.79 Å². The predicted molar refractivity (Wildman–Crippen MR) is 119 cm³/mol. The van der Waals surface area contributed by atoms with Gasteiger partial charge in [0.1, 0.15) is 0 Å². The maximum absolute atomic E-state index is 11.8. The summed E-state index contributed by atoms with van der Waals surface area (Å²) in [5.41, 5.74) is 1.82. The van der Waals surface area contributed by atoms with Crippen molar-refractivity contribution in [3.8, 4) is 0 Å². The lowest BCUT2D eigenvalue weighted by molar-refractivity contribution is 0.101. The van der Waals surface area contributed by atoms with Gasteiger partial charge in [-0.3, -0.25) is 9.69 Å². The van der Waals surface area contributed by atoms with E-state index >= 15 is 0 Å². The zero-order valence-corrected chi connectivity index (χ0v) is 17.3. The van der Waals surface area contributed by atoms with Crippen LogP contribution in [0.5, 0.6) is 0 Å². The zero-order chi connectivity index (χ0) is 20.1. The Kier molecular flexibility index (Phi) is 6.76. The number of carbonyl (C=O) groups excluding carboxylic acids is 1. The number of halogens is 1. The number of hydrogen-bond donors (Lipinski definition) is 0. The van der Waals surface area contributed by atoms with E-state index in [0.717, 1.165) is 67.0 Å². The smallest absolute Gasteiger partial charge is 0.161 e. The highest BCUT2D eigenvalue weighted by Gasteiger charge is 2.18. The summed E-state index contributed by atoms with van der Waals surface area (Å²) in [4.78, 5) is 16.7. The first-order chi connectivity index (χ1) is 13.5. The molecular formula is C23H28ClN3O. The number of benzene rings is 1. The molecule has 0 bridgehead atoms. The maximum Gasteiger partial charge on any atom is 0.161 e. The van der Waals surface area contributed by atoms with Gasteiger partial charge in [0.2, 0.25) is 0 Å². The van der Waals surface area contributed by atoms with E-state index < -0.39 is 0 Å². The Morgan fingerprint density at radius 3 is 2.54 bits per heavy atom. The molecule has 2 aromatic rings. The van der Waals surface area contributed by atoms with E-state index in [0.29, 0.717) is 5.56 Å². The molecule has 0 atom stereocenters. The third-order valence-electron chi connectivity index (χ3n) is 5.32. The highest BCUT2D eigenvalue weighted by atomic mass is 35.5. The topological polar surface area (TPSA) is 28.5 Å². The molecule has 1 fully saturated rings. The van der Waals surface area contributed by atoms with Gasteiger partial charge in [0.15, 0.2) is 5.78 Å². The SMILES string of the molecule is C=C/C=c1\c(=C)c(C(C)=O)cn1CCCN1CCN(c2ccccc2Cl)CC1. The first-order valence-corrected chi connectivity index (χ1v) is 10.1. The summed E-state index contributed by atoms with van der Waals surface area (Å²) in [6.07, 6.45) is 6.63. The molecule has 28 heavy (non-hydrogen) atoms. The van der Waals surface area contributed by atoms with E-state index in [1.54, 1.807) is 13.0 Å². The van der Waals surface area contributed by atoms with E-state index in [-0.39, 0.29) is 5.78 Å². The van der Waals surface area contributed by atoms with Crippen LogP contribution in [0.4, 0.5) is 5.69 Å². The molecule has 1 saturated heterocycles. The number of piperazine rings is 1. The predicted octanol–water partition coefficient (Wildman–Crippen LogP) is 2.93. The summed E-state index contributed by atoms with van der Waals surface area (Å²) in [6.45, 7) is 15.4. The fourth-order valence-electron chi connectivity index (χ4n) is 3.80. The molecule has 0 unspecified atom stereocenters. The van der Waals surface area contributed by atoms with Crippen LogP contribution < -0.4 is 15.5 Å². The largest absolute Gasteiger partial charge is 0.368 e. The van der Waals surface area contributed by atoms with Gasteiger partial charge in [-0.25, -0.2) is 0 Å². The molecule has 0 N–H and O–H groups in total. The number of para-hydroxylation sites is 1. The monoisotopic (exact) mass is 397 g/mol. The zero-order valence-electron chi connectivity index (χ0n) is 16.5. The van der Waals surface area contributed by atoms with Crippen LogP contribution in [-0.4, -0.2) is 48.0 Å². The lowest BCUT2D eigenvalue weighted by Gasteiger charge is -2.36. The van der Waals surface area contributed by atoms with Crippen LogP contribution in [0.25, 0.3) is 12.7 Å². The van der Waals surface area contributed by atoms with Gasteiger partial charge in [0.25, 0.3) is 0 Å². The number of aryl methyl sites for hydroxylation is 1. The van der Waals surface area contributed by atoms with Gasteiger partial charge in [0.05, 0.1) is 10.7 Å². The van der Waals surface area contributed by atoms with Crippen molar-refractivity contribution in [3.63, 3.8) is 0 Å². The quantitative estimate of drug-likeness (QED) is 0.672. The molecule has 1 aromatic carbocycles. The second-order valence-electron chi connectivity index (χ2n) is 7.19. The van der Waals surface area contributed by atoms with Crippen LogP contribution >= 0.6 is 11.6 Å². The number of Topliss-reactive ketones (excluding diaryl/α,β-unsaturated/α-hetero) is 1. The number of ketones is 1. The van der Waals surface area contributed by atoms with Crippen molar-refractivity contribution >= 4 is 35.7 Å². The Bertz CT molecular complexity index is 955. The highest BCUT2D eigenvalue weighted by Crippen LogP contribution is 2.25. The van der Waals surface area contributed by atoms with E-state index in [9.17, 15) is 4.79 Å². The average Bonchev–Trinajstić information content (AvgIpc) is 2.99. The number of anilines is 1. The second-order valence-corrected chi connectivity index (χ2v) is 7.60. The third-order valence-corrected chi connectivity index (χ3v) is 5.64. The molecular weight excluding hydrogens is 370 g/mol. The Hall–Kier alpha value is -2.30. The molecule has 1 aliphatic heterocycles. The van der Waals surface area contributed by atoms with Crippen LogP contribution in [0.2, 0.25) is 5.02 Å². The lowest BCUT2D eigenvalue weighted by Crippen LogP contribution is -2.47. The van der Waals surface area contributed by atoms with Gasteiger partial charge < -0.3 is 9.47 Å². The van der Waals surface area contributed by atoms with E-state index in [2.05, 4.69) is 33.6 Å². The number of allylic oxidation sites excluding steroid dienone is 1. The number of nitrogens with zero attached hydrogens (tertiary/aromatic N) is 3. The summed E-state index contributed by atoms with van der Waals surface area (Å²) < 4.78 is 2.13. The van der Waals surface area contributed by atoms with E-state index in [1.165, 1.54) is 0 Å². The Labute approximate surface area is 172 Å². The van der Waals surface area contributed by atoms with Crippen molar-refractivity contribution in [3.05, 3.63) is 64.3 Å². The normalized spacial score (nSPS) is 15.8. The maximum atomic E-state index is 11.8. The highest BCUT2D eigenvalue weighted by molar-refractivity contribution is 6.33. The van der Waals surface area contributed by atoms with E-state index in [1.807, 2.05) is 30.5 Å². The number of hydrogen-bond acceptors (Lipinski definition) is 3. The fourth-order valence-corrected chi connectivity index (χ4v) is 4.05. The van der Waals surface area contributed by atoms with Crippen molar-refractivity contribution in [2.75, 3.05) is 37.6 Å². The second kappa shape index (κ2) is 9.26. The number of aromatic nitrogens is 1. The molecule has 3 rings (SSSR count). The van der Waals surface area contributed by atoms with Crippen LogP contribution in [0.3, 0.4) is 0 Å². The van der Waals surface area contributed by atoms with Crippen molar-refractivity contribution in [2.45, 2.75) is 19.9 Å². The molecule has 0 radical (unpaired) electrons. The third kappa shape index (κ3) is 4.57. The minimum absolute atomic E-state index is 0.0538. The molecule has 0 spiro atoms. The minimum atomic E-state index is 0.0538. The van der Waals surface area contributed by atoms with Crippen LogP contribution in [0.15, 0.2) is 43.1 Å². The first-order valence-electron chi connectivity index (χ1n) is 9.75. The summed E-state index contributed by atoms with van der Waals surface area (Å²) in [5, 5.41) is 2.59. The van der Waals surface area contributed by atoms with Gasteiger partial charge in [-0.15, -0.1) is 0 Å². The minimum Gasteiger partial charge on any atom is -0.368 e. The average molecular weight is 398 g/mol. The summed E-state index contributed by atoms with van der Waals surface area (Å²) in [6, 6.07) is 8.04. The number of carbonyl (C=O) groups is 1. The molecule has 2 heterocycles. The van der Waals surface area contributed by atoms with Gasteiger partial charge in [-0.1, -0.05) is 43.0 Å². The summed E-state index contributed by atoms with van der Waals surface area (Å²) in [7, 11) is 0. The fraction of sp³-hybridized carbons (Fsp3) is 0.348. The van der Waals surface area contributed by atoms with Crippen molar-refractivity contribution in [1.29, 1.82) is 0 Å². The summed E-state index contributed by atoms with van der Waals surface area (Å²) >= 11 is 6.33. The van der Waals surface area contributed by atoms with Crippen molar-refractivity contribution in [2.24, 2.45) is 0 Å². The Morgan fingerprint density at radius 1 is 1.18 bits per heavy atom. The number of rotatable bonds is 7. The van der Waals surface area contributed by atoms with E-state index in [4.69, 9.17) is 11.6 Å². The molecule has 0 saturated carbocycles. The molecule has 0 amide bonds. The Balaban J connectivity index is 1.56. The summed E-state index contributed by atoms with van der Waals surface area (Å²) in [5.74, 6) is 0.0538. The van der Waals surface area contributed by atoms with Gasteiger partial charge in [-0.05, 0) is 38.1 Å². The van der Waals surface area contributed by atoms with Crippen LogP contribution in [0.1, 0.15) is 23.7 Å². The van der Waals surface area contributed by atoms with Gasteiger partial charge >= 0.3 is 0 Å². The van der Waals surface area contributed by atoms with Gasteiger partial charge in [-0.2, -0.15) is 0 Å². The lowest BCUT2D eigenvalue weighted by atomic mass is 10.2. The first kappa shape index (κ1) is 20.4. The molecule has 148 valence electrons. The Morgan fingerprint density at radius 2 is 1.89 bits per heavy atom. The molecule has 1 aliphatic rings. The van der Waals surface area contributed by atoms with Crippen LogP contribution in [0, 0.1) is 0 Å². The van der Waals surface area contributed by atoms with Crippen molar-refractivity contribution in [1.82, 2.24) is 9.47 Å². The molecule has 5 heteroatoms. The molecule has 0 aliphatic carbocycles. The molecule has 1 aromatic heterocycles. The molecule has 4 nitrogen and oxygen atoms in total. The van der Waals surface area contributed by atoms with Crippen LogP contribution in [-0.2, 0) is 6.54 Å².